The molecule has 2 heterocycles. The molecule has 146 valence electrons. The molecule has 7 nitrogen and oxygen atoms in total. The predicted molar refractivity (Wildman–Crippen MR) is 105 cm³/mol. The van der Waals surface area contributed by atoms with Crippen molar-refractivity contribution in [1.29, 1.82) is 0 Å². The van der Waals surface area contributed by atoms with E-state index in [2.05, 4.69) is 21.5 Å². The Labute approximate surface area is 160 Å². The van der Waals surface area contributed by atoms with Gasteiger partial charge >= 0.3 is 0 Å². The van der Waals surface area contributed by atoms with Gasteiger partial charge in [0.1, 0.15) is 5.82 Å². The Kier molecular flexibility index (Phi) is 5.74. The topological polar surface area (TPSA) is 80.8 Å². The summed E-state index contributed by atoms with van der Waals surface area (Å²) >= 11 is 0. The smallest absolute Gasteiger partial charge is 0.263 e. The molecule has 1 aliphatic rings. The van der Waals surface area contributed by atoms with Gasteiger partial charge in [0.05, 0.1) is 31.0 Å². The first-order valence-electron chi connectivity index (χ1n) is 8.89. The lowest BCUT2D eigenvalue weighted by molar-refractivity contribution is 0.354. The zero-order valence-corrected chi connectivity index (χ0v) is 16.6. The number of nitrogens with one attached hydrogen (secondary N) is 1. The molecule has 8 heteroatoms. The lowest BCUT2D eigenvalue weighted by Crippen LogP contribution is -2.32. The van der Waals surface area contributed by atoms with E-state index in [-0.39, 0.29) is 10.7 Å². The van der Waals surface area contributed by atoms with Gasteiger partial charge in [-0.05, 0) is 43.0 Å². The van der Waals surface area contributed by atoms with Crippen LogP contribution in [0.1, 0.15) is 19.8 Å². The van der Waals surface area contributed by atoms with Crippen LogP contribution in [0.15, 0.2) is 41.4 Å². The van der Waals surface area contributed by atoms with Crippen LogP contribution in [0.5, 0.6) is 11.5 Å². The number of methoxy groups -OCH3 is 2. The molecule has 0 aliphatic carbocycles. The predicted octanol–water partition coefficient (Wildman–Crippen LogP) is 3.14. The molecular formula is C19H25N3O4S. The van der Waals surface area contributed by atoms with Crippen molar-refractivity contribution in [3.05, 3.63) is 36.5 Å². The van der Waals surface area contributed by atoms with Crippen molar-refractivity contribution in [3.8, 4) is 11.5 Å². The Hall–Kier alpha value is -2.48. The zero-order chi connectivity index (χ0) is 19.4. The van der Waals surface area contributed by atoms with Gasteiger partial charge in [-0.1, -0.05) is 6.92 Å². The SMILES string of the molecule is COc1ccc(S(=O)(=O)Nc2ccc(N3CCC(C)CC3)cn2)cc1OC. The number of rotatable bonds is 6. The van der Waals surface area contributed by atoms with E-state index in [0.717, 1.165) is 37.5 Å². The number of sulfonamides is 1. The van der Waals surface area contributed by atoms with Gasteiger partial charge in [0, 0.05) is 19.2 Å². The van der Waals surface area contributed by atoms with Crippen molar-refractivity contribution < 1.29 is 17.9 Å². The molecule has 2 aromatic rings. The normalized spacial score (nSPS) is 15.4. The molecule has 0 amide bonds. The maximum Gasteiger partial charge on any atom is 0.263 e. The van der Waals surface area contributed by atoms with E-state index in [1.54, 1.807) is 18.3 Å². The molecular weight excluding hydrogens is 366 g/mol. The maximum absolute atomic E-state index is 12.6. The monoisotopic (exact) mass is 391 g/mol. The van der Waals surface area contributed by atoms with Crippen LogP contribution < -0.4 is 19.1 Å². The minimum absolute atomic E-state index is 0.0797. The van der Waals surface area contributed by atoms with Crippen LogP contribution in [0.25, 0.3) is 0 Å². The maximum atomic E-state index is 12.6. The molecule has 1 aromatic carbocycles. The highest BCUT2D eigenvalue weighted by Crippen LogP contribution is 2.30. The van der Waals surface area contributed by atoms with Gasteiger partial charge in [-0.15, -0.1) is 0 Å². The van der Waals surface area contributed by atoms with Crippen molar-refractivity contribution in [2.45, 2.75) is 24.7 Å². The molecule has 0 radical (unpaired) electrons. The summed E-state index contributed by atoms with van der Waals surface area (Å²) in [6, 6.07) is 8.03. The van der Waals surface area contributed by atoms with Crippen LogP contribution in [-0.4, -0.2) is 40.7 Å². The molecule has 0 unspecified atom stereocenters. The van der Waals surface area contributed by atoms with Crippen molar-refractivity contribution in [1.82, 2.24) is 4.98 Å². The largest absolute Gasteiger partial charge is 0.493 e. The van der Waals surface area contributed by atoms with Crippen molar-refractivity contribution in [3.63, 3.8) is 0 Å². The van der Waals surface area contributed by atoms with E-state index < -0.39 is 10.0 Å². The summed E-state index contributed by atoms with van der Waals surface area (Å²) < 4.78 is 38.1. The summed E-state index contributed by atoms with van der Waals surface area (Å²) in [6.07, 6.45) is 4.03. The number of piperidine rings is 1. The Morgan fingerprint density at radius 2 is 1.78 bits per heavy atom. The Morgan fingerprint density at radius 1 is 1.07 bits per heavy atom. The van der Waals surface area contributed by atoms with Crippen molar-refractivity contribution >= 4 is 21.5 Å². The molecule has 1 saturated heterocycles. The summed E-state index contributed by atoms with van der Waals surface area (Å²) in [4.78, 5) is 6.63. The molecule has 1 aromatic heterocycles. The number of pyridine rings is 1. The zero-order valence-electron chi connectivity index (χ0n) is 15.8. The van der Waals surface area contributed by atoms with Gasteiger partial charge in [0.2, 0.25) is 0 Å². The number of ether oxygens (including phenoxy) is 2. The molecule has 0 saturated carbocycles. The van der Waals surface area contributed by atoms with Crippen LogP contribution in [0.4, 0.5) is 11.5 Å². The standard InChI is InChI=1S/C19H25N3O4S/c1-14-8-10-22(11-9-14)15-4-7-19(20-13-15)21-27(23,24)16-5-6-17(25-2)18(12-16)26-3/h4-7,12-14H,8-11H2,1-3H3,(H,20,21). The van der Waals surface area contributed by atoms with E-state index in [4.69, 9.17) is 9.47 Å². The Morgan fingerprint density at radius 3 is 2.37 bits per heavy atom. The second-order valence-corrected chi connectivity index (χ2v) is 8.38. The summed E-state index contributed by atoms with van der Waals surface area (Å²) in [6.45, 7) is 4.26. The number of nitrogens with zero attached hydrogens (tertiary/aromatic N) is 2. The molecule has 1 aliphatic heterocycles. The lowest BCUT2D eigenvalue weighted by atomic mass is 9.99. The number of hydrogen-bond acceptors (Lipinski definition) is 6. The first-order chi connectivity index (χ1) is 12.9. The second-order valence-electron chi connectivity index (χ2n) is 6.69. The van der Waals surface area contributed by atoms with Crippen LogP contribution in [0.2, 0.25) is 0 Å². The first kappa shape index (κ1) is 19.3. The van der Waals surface area contributed by atoms with E-state index in [1.807, 2.05) is 6.07 Å². The third kappa shape index (κ3) is 4.44. The third-order valence-electron chi connectivity index (χ3n) is 4.80. The highest BCUT2D eigenvalue weighted by atomic mass is 32.2. The minimum atomic E-state index is -3.78. The number of anilines is 2. The summed E-state index contributed by atoms with van der Waals surface area (Å²) in [5.74, 6) is 1.85. The molecule has 0 bridgehead atoms. The van der Waals surface area contributed by atoms with Crippen LogP contribution >= 0.6 is 0 Å². The third-order valence-corrected chi connectivity index (χ3v) is 6.15. The van der Waals surface area contributed by atoms with Crippen LogP contribution in [0, 0.1) is 5.92 Å². The fourth-order valence-electron chi connectivity index (χ4n) is 3.08. The highest BCUT2D eigenvalue weighted by molar-refractivity contribution is 7.92. The van der Waals surface area contributed by atoms with Gasteiger partial charge in [-0.2, -0.15) is 0 Å². The summed E-state index contributed by atoms with van der Waals surface area (Å²) in [5, 5.41) is 0. The fourth-order valence-corrected chi connectivity index (χ4v) is 4.10. The van der Waals surface area contributed by atoms with Crippen molar-refractivity contribution in [2.75, 3.05) is 36.9 Å². The number of aromatic nitrogens is 1. The molecule has 1 N–H and O–H groups in total. The Balaban J connectivity index is 1.74. The average Bonchev–Trinajstić information content (AvgIpc) is 2.68. The number of benzene rings is 1. The summed E-state index contributed by atoms with van der Waals surface area (Å²) in [5.41, 5.74) is 1.01. The quantitative estimate of drug-likeness (QED) is 0.815. The molecule has 3 rings (SSSR count). The van der Waals surface area contributed by atoms with Gasteiger partial charge in [0.25, 0.3) is 10.0 Å². The minimum Gasteiger partial charge on any atom is -0.493 e. The second kappa shape index (κ2) is 8.04. The van der Waals surface area contributed by atoms with E-state index in [1.165, 1.54) is 26.4 Å². The number of hydrogen-bond donors (Lipinski definition) is 1. The van der Waals surface area contributed by atoms with Gasteiger partial charge in [0.15, 0.2) is 11.5 Å². The van der Waals surface area contributed by atoms with Gasteiger partial charge < -0.3 is 14.4 Å². The molecule has 1 fully saturated rings. The van der Waals surface area contributed by atoms with E-state index in [0.29, 0.717) is 11.5 Å². The van der Waals surface area contributed by atoms with Crippen LogP contribution in [0.3, 0.4) is 0 Å². The van der Waals surface area contributed by atoms with Gasteiger partial charge in [-0.3, -0.25) is 4.72 Å². The van der Waals surface area contributed by atoms with Gasteiger partial charge in [-0.25, -0.2) is 13.4 Å². The van der Waals surface area contributed by atoms with Crippen molar-refractivity contribution in [2.24, 2.45) is 5.92 Å². The first-order valence-corrected chi connectivity index (χ1v) is 10.4. The molecule has 27 heavy (non-hydrogen) atoms. The molecule has 0 spiro atoms. The fraction of sp³-hybridized carbons (Fsp3) is 0.421. The average molecular weight is 391 g/mol. The van der Waals surface area contributed by atoms with Crippen LogP contribution in [-0.2, 0) is 10.0 Å². The lowest BCUT2D eigenvalue weighted by Gasteiger charge is -2.31. The highest BCUT2D eigenvalue weighted by Gasteiger charge is 2.19. The summed E-state index contributed by atoms with van der Waals surface area (Å²) in [7, 11) is -0.817. The van der Waals surface area contributed by atoms with E-state index >= 15 is 0 Å². The molecule has 0 atom stereocenters. The Bertz CT molecular complexity index is 876. The van der Waals surface area contributed by atoms with E-state index in [9.17, 15) is 8.42 Å².